The van der Waals surface area contributed by atoms with Gasteiger partial charge in [-0.2, -0.15) is 4.39 Å². The molecule has 0 aliphatic heterocycles. The van der Waals surface area contributed by atoms with Crippen LogP contribution in [-0.4, -0.2) is 21.9 Å². The first-order valence-electron chi connectivity index (χ1n) is 6.02. The Bertz CT molecular complexity index is 735. The predicted molar refractivity (Wildman–Crippen MR) is 73.1 cm³/mol. The standard InChI is InChI=1S/C13H12F2N4O2/c1-6-7(2)17-13(18-12(6)16-3)10-8(14)4-5-9(11(10)15)19(20)21/h4-5H,1-3H3,(H,16,17,18). The summed E-state index contributed by atoms with van der Waals surface area (Å²) in [6, 6.07) is 1.60. The van der Waals surface area contributed by atoms with Gasteiger partial charge in [-0.05, 0) is 19.9 Å². The smallest absolute Gasteiger partial charge is 0.305 e. The van der Waals surface area contributed by atoms with Gasteiger partial charge in [0.1, 0.15) is 11.6 Å². The van der Waals surface area contributed by atoms with Crippen LogP contribution in [0.3, 0.4) is 0 Å². The third-order valence-corrected chi connectivity index (χ3v) is 3.12. The summed E-state index contributed by atoms with van der Waals surface area (Å²) in [7, 11) is 1.61. The lowest BCUT2D eigenvalue weighted by atomic mass is 10.1. The molecule has 0 aliphatic carbocycles. The first-order chi connectivity index (χ1) is 9.86. The molecular weight excluding hydrogens is 282 g/mol. The number of nitro groups is 1. The molecule has 1 heterocycles. The minimum absolute atomic E-state index is 0.235. The van der Waals surface area contributed by atoms with Crippen LogP contribution in [0.1, 0.15) is 11.3 Å². The maximum absolute atomic E-state index is 14.2. The molecule has 0 bridgehead atoms. The number of nitrogens with zero attached hydrogens (tertiary/aromatic N) is 3. The van der Waals surface area contributed by atoms with Crippen molar-refractivity contribution in [3.8, 4) is 11.4 Å². The summed E-state index contributed by atoms with van der Waals surface area (Å²) < 4.78 is 28.0. The van der Waals surface area contributed by atoms with E-state index in [0.29, 0.717) is 11.5 Å². The number of aromatic nitrogens is 2. The summed E-state index contributed by atoms with van der Waals surface area (Å²) in [5, 5.41) is 13.5. The van der Waals surface area contributed by atoms with Gasteiger partial charge in [0, 0.05) is 24.4 Å². The summed E-state index contributed by atoms with van der Waals surface area (Å²) in [6.45, 7) is 3.42. The summed E-state index contributed by atoms with van der Waals surface area (Å²) in [6.07, 6.45) is 0. The van der Waals surface area contributed by atoms with Gasteiger partial charge < -0.3 is 5.32 Å². The van der Waals surface area contributed by atoms with Gasteiger partial charge >= 0.3 is 5.69 Å². The molecule has 1 aromatic heterocycles. The average Bonchev–Trinajstić information content (AvgIpc) is 2.42. The van der Waals surface area contributed by atoms with Crippen molar-refractivity contribution in [2.24, 2.45) is 0 Å². The molecule has 0 unspecified atom stereocenters. The highest BCUT2D eigenvalue weighted by Gasteiger charge is 2.25. The maximum Gasteiger partial charge on any atom is 0.305 e. The molecule has 1 N–H and O–H groups in total. The molecule has 0 aliphatic rings. The first-order valence-corrected chi connectivity index (χ1v) is 6.02. The largest absolute Gasteiger partial charge is 0.373 e. The zero-order valence-corrected chi connectivity index (χ0v) is 11.6. The van der Waals surface area contributed by atoms with Crippen molar-refractivity contribution < 1.29 is 13.7 Å². The number of aryl methyl sites for hydroxylation is 1. The van der Waals surface area contributed by atoms with Crippen LogP contribution < -0.4 is 5.32 Å². The molecule has 1 aromatic carbocycles. The molecule has 21 heavy (non-hydrogen) atoms. The minimum Gasteiger partial charge on any atom is -0.373 e. The number of anilines is 1. The van der Waals surface area contributed by atoms with Gasteiger partial charge in [-0.1, -0.05) is 0 Å². The molecule has 0 saturated carbocycles. The van der Waals surface area contributed by atoms with Crippen LogP contribution in [0.5, 0.6) is 0 Å². The van der Waals surface area contributed by atoms with Gasteiger partial charge in [-0.15, -0.1) is 0 Å². The van der Waals surface area contributed by atoms with Crippen molar-refractivity contribution in [1.29, 1.82) is 0 Å². The second kappa shape index (κ2) is 5.39. The lowest BCUT2D eigenvalue weighted by Gasteiger charge is -2.10. The van der Waals surface area contributed by atoms with Crippen LogP contribution in [-0.2, 0) is 0 Å². The van der Waals surface area contributed by atoms with Gasteiger partial charge in [0.25, 0.3) is 0 Å². The van der Waals surface area contributed by atoms with Crippen LogP contribution >= 0.6 is 0 Å². The van der Waals surface area contributed by atoms with Crippen molar-refractivity contribution in [2.45, 2.75) is 13.8 Å². The lowest BCUT2D eigenvalue weighted by Crippen LogP contribution is -2.06. The number of hydrogen-bond acceptors (Lipinski definition) is 5. The molecule has 0 atom stereocenters. The van der Waals surface area contributed by atoms with E-state index in [9.17, 15) is 18.9 Å². The Morgan fingerprint density at radius 2 is 1.90 bits per heavy atom. The van der Waals surface area contributed by atoms with Crippen molar-refractivity contribution in [3.63, 3.8) is 0 Å². The van der Waals surface area contributed by atoms with Crippen molar-refractivity contribution in [2.75, 3.05) is 12.4 Å². The topological polar surface area (TPSA) is 81.0 Å². The van der Waals surface area contributed by atoms with E-state index in [2.05, 4.69) is 15.3 Å². The highest BCUT2D eigenvalue weighted by molar-refractivity contribution is 5.64. The average molecular weight is 294 g/mol. The fourth-order valence-corrected chi connectivity index (χ4v) is 1.87. The third kappa shape index (κ3) is 2.51. The molecule has 6 nitrogen and oxygen atoms in total. The summed E-state index contributed by atoms with van der Waals surface area (Å²) in [5.41, 5.74) is -0.176. The Labute approximate surface area is 119 Å². The second-order valence-corrected chi connectivity index (χ2v) is 4.37. The molecule has 2 rings (SSSR count). The van der Waals surface area contributed by atoms with Crippen LogP contribution in [0, 0.1) is 35.6 Å². The predicted octanol–water partition coefficient (Wildman–Crippen LogP) is 2.99. The SMILES string of the molecule is CNc1nc(-c2c(F)ccc([N+](=O)[O-])c2F)nc(C)c1C. The number of nitrogens with one attached hydrogen (secondary N) is 1. The molecule has 0 spiro atoms. The number of benzene rings is 1. The summed E-state index contributed by atoms with van der Waals surface area (Å²) in [4.78, 5) is 17.9. The van der Waals surface area contributed by atoms with Crippen LogP contribution in [0.2, 0.25) is 0 Å². The Kier molecular flexibility index (Phi) is 3.79. The highest BCUT2D eigenvalue weighted by atomic mass is 19.1. The van der Waals surface area contributed by atoms with Gasteiger partial charge in [0.2, 0.25) is 5.82 Å². The molecule has 0 amide bonds. The van der Waals surface area contributed by atoms with Crippen molar-refractivity contribution in [3.05, 3.63) is 45.1 Å². The zero-order chi connectivity index (χ0) is 15.7. The fraction of sp³-hybridized carbons (Fsp3) is 0.231. The first kappa shape index (κ1) is 14.8. The minimum atomic E-state index is -1.29. The lowest BCUT2D eigenvalue weighted by molar-refractivity contribution is -0.387. The fourth-order valence-electron chi connectivity index (χ4n) is 1.87. The van der Waals surface area contributed by atoms with E-state index < -0.39 is 27.8 Å². The number of nitro benzene ring substituents is 1. The molecule has 0 saturated heterocycles. The Hall–Kier alpha value is -2.64. The summed E-state index contributed by atoms with van der Waals surface area (Å²) in [5.74, 6) is -2.07. The van der Waals surface area contributed by atoms with E-state index in [-0.39, 0.29) is 5.82 Å². The third-order valence-electron chi connectivity index (χ3n) is 3.12. The van der Waals surface area contributed by atoms with Gasteiger partial charge in [-0.3, -0.25) is 10.1 Å². The highest BCUT2D eigenvalue weighted by Crippen LogP contribution is 2.31. The Balaban J connectivity index is 2.75. The van der Waals surface area contributed by atoms with E-state index >= 15 is 0 Å². The molecule has 110 valence electrons. The van der Waals surface area contributed by atoms with Crippen molar-refractivity contribution >= 4 is 11.5 Å². The number of halogens is 2. The molecule has 8 heteroatoms. The normalized spacial score (nSPS) is 10.5. The van der Waals surface area contributed by atoms with Gasteiger partial charge in [0.15, 0.2) is 5.82 Å². The summed E-state index contributed by atoms with van der Waals surface area (Å²) >= 11 is 0. The Morgan fingerprint density at radius 3 is 2.48 bits per heavy atom. The quantitative estimate of drug-likeness (QED) is 0.695. The van der Waals surface area contributed by atoms with E-state index in [1.165, 1.54) is 0 Å². The van der Waals surface area contributed by atoms with E-state index in [1.54, 1.807) is 20.9 Å². The van der Waals surface area contributed by atoms with Crippen LogP contribution in [0.25, 0.3) is 11.4 Å². The molecular formula is C13H12F2N4O2. The van der Waals surface area contributed by atoms with Gasteiger partial charge in [-0.25, -0.2) is 14.4 Å². The zero-order valence-electron chi connectivity index (χ0n) is 11.6. The van der Waals surface area contributed by atoms with E-state index in [4.69, 9.17) is 0 Å². The van der Waals surface area contributed by atoms with Gasteiger partial charge in [0.05, 0.1) is 10.5 Å². The molecule has 2 aromatic rings. The monoisotopic (exact) mass is 294 g/mol. The number of rotatable bonds is 3. The maximum atomic E-state index is 14.2. The van der Waals surface area contributed by atoms with Crippen LogP contribution in [0.15, 0.2) is 12.1 Å². The molecule has 0 fully saturated rings. The van der Waals surface area contributed by atoms with Crippen molar-refractivity contribution in [1.82, 2.24) is 9.97 Å². The Morgan fingerprint density at radius 1 is 1.24 bits per heavy atom. The van der Waals surface area contributed by atoms with Crippen LogP contribution in [0.4, 0.5) is 20.3 Å². The molecule has 0 radical (unpaired) electrons. The second-order valence-electron chi connectivity index (χ2n) is 4.37. The van der Waals surface area contributed by atoms with E-state index in [0.717, 1.165) is 17.7 Å². The number of hydrogen-bond donors (Lipinski definition) is 1. The van der Waals surface area contributed by atoms with E-state index in [1.807, 2.05) is 0 Å².